The quantitative estimate of drug-likeness (QED) is 0.605. The van der Waals surface area contributed by atoms with Gasteiger partial charge in [0.05, 0.1) is 10.7 Å². The molecule has 0 saturated carbocycles. The number of aryl methyl sites for hydroxylation is 1. The van der Waals surface area contributed by atoms with Crippen LogP contribution in [0, 0.1) is 6.92 Å². The third-order valence-electron chi connectivity index (χ3n) is 3.81. The number of aromatic nitrogens is 2. The highest BCUT2D eigenvalue weighted by Crippen LogP contribution is 2.47. The summed E-state index contributed by atoms with van der Waals surface area (Å²) in [5, 5.41) is 8.28. The van der Waals surface area contributed by atoms with Gasteiger partial charge in [0.25, 0.3) is 5.89 Å². The SMILES string of the molecule is CCCCN1/C(=C(\C)C(=O)c2nnco2)Sc2ccc(C)cc21. The Hall–Kier alpha value is -2.08. The van der Waals surface area contributed by atoms with Crippen molar-refractivity contribution < 1.29 is 9.21 Å². The fourth-order valence-electron chi connectivity index (χ4n) is 2.54. The van der Waals surface area contributed by atoms with E-state index in [4.69, 9.17) is 4.42 Å². The molecule has 2 aromatic rings. The highest BCUT2D eigenvalue weighted by atomic mass is 32.2. The van der Waals surface area contributed by atoms with Crippen molar-refractivity contribution >= 4 is 23.2 Å². The number of nitrogens with zero attached hydrogens (tertiary/aromatic N) is 3. The second-order valence-corrected chi connectivity index (χ2v) is 6.61. The summed E-state index contributed by atoms with van der Waals surface area (Å²) in [6.45, 7) is 6.97. The minimum Gasteiger partial charge on any atom is -0.421 e. The summed E-state index contributed by atoms with van der Waals surface area (Å²) in [4.78, 5) is 16.0. The second kappa shape index (κ2) is 6.58. The van der Waals surface area contributed by atoms with Crippen molar-refractivity contribution in [1.82, 2.24) is 10.2 Å². The van der Waals surface area contributed by atoms with Crippen LogP contribution in [0.25, 0.3) is 0 Å². The van der Waals surface area contributed by atoms with Crippen LogP contribution >= 0.6 is 11.8 Å². The number of thioether (sulfide) groups is 1. The summed E-state index contributed by atoms with van der Waals surface area (Å²) < 4.78 is 5.05. The van der Waals surface area contributed by atoms with Crippen molar-refractivity contribution in [3.05, 3.63) is 46.6 Å². The van der Waals surface area contributed by atoms with E-state index in [-0.39, 0.29) is 11.7 Å². The number of unbranched alkanes of at least 4 members (excludes halogenated alkanes) is 1. The Labute approximate surface area is 139 Å². The van der Waals surface area contributed by atoms with Gasteiger partial charge in [0.1, 0.15) is 0 Å². The maximum absolute atomic E-state index is 12.5. The summed E-state index contributed by atoms with van der Waals surface area (Å²) in [6.07, 6.45) is 3.35. The van der Waals surface area contributed by atoms with Crippen LogP contribution in [0.4, 0.5) is 5.69 Å². The Morgan fingerprint density at radius 1 is 1.39 bits per heavy atom. The predicted molar refractivity (Wildman–Crippen MR) is 90.6 cm³/mol. The fourth-order valence-corrected chi connectivity index (χ4v) is 3.70. The first kappa shape index (κ1) is 15.8. The molecule has 0 saturated heterocycles. The van der Waals surface area contributed by atoms with Crippen molar-refractivity contribution in [2.24, 2.45) is 0 Å². The monoisotopic (exact) mass is 329 g/mol. The molecular weight excluding hydrogens is 310 g/mol. The average Bonchev–Trinajstić information content (AvgIpc) is 3.19. The first-order valence-electron chi connectivity index (χ1n) is 7.69. The van der Waals surface area contributed by atoms with Gasteiger partial charge in [0, 0.05) is 17.0 Å². The maximum atomic E-state index is 12.5. The molecule has 0 fully saturated rings. The summed E-state index contributed by atoms with van der Waals surface area (Å²) in [5.74, 6) is -0.172. The molecule has 3 rings (SSSR count). The zero-order chi connectivity index (χ0) is 16.4. The van der Waals surface area contributed by atoms with Gasteiger partial charge >= 0.3 is 0 Å². The number of carbonyl (C=O) groups is 1. The van der Waals surface area contributed by atoms with E-state index in [1.54, 1.807) is 11.8 Å². The number of anilines is 1. The molecule has 0 aliphatic carbocycles. The Morgan fingerprint density at radius 3 is 2.91 bits per heavy atom. The predicted octanol–water partition coefficient (Wildman–Crippen LogP) is 4.20. The Balaban J connectivity index is 2.00. The van der Waals surface area contributed by atoms with Gasteiger partial charge in [-0.05, 0) is 38.0 Å². The van der Waals surface area contributed by atoms with Gasteiger partial charge in [-0.1, -0.05) is 31.2 Å². The van der Waals surface area contributed by atoms with E-state index in [0.29, 0.717) is 5.57 Å². The van der Waals surface area contributed by atoms with Crippen molar-refractivity contribution in [1.29, 1.82) is 0 Å². The molecule has 0 N–H and O–H groups in total. The van der Waals surface area contributed by atoms with Crippen LogP contribution in [0.3, 0.4) is 0 Å². The zero-order valence-corrected chi connectivity index (χ0v) is 14.3. The number of carbonyl (C=O) groups excluding carboxylic acids is 1. The van der Waals surface area contributed by atoms with E-state index < -0.39 is 0 Å². The average molecular weight is 329 g/mol. The molecule has 1 aromatic carbocycles. The van der Waals surface area contributed by atoms with Crippen molar-refractivity contribution in [2.45, 2.75) is 38.5 Å². The van der Waals surface area contributed by atoms with Gasteiger partial charge in [0.2, 0.25) is 12.2 Å². The molecule has 0 atom stereocenters. The first-order chi connectivity index (χ1) is 11.1. The van der Waals surface area contributed by atoms with E-state index >= 15 is 0 Å². The lowest BCUT2D eigenvalue weighted by atomic mass is 10.1. The summed E-state index contributed by atoms with van der Waals surface area (Å²) in [7, 11) is 0. The van der Waals surface area contributed by atoms with Crippen molar-refractivity contribution in [2.75, 3.05) is 11.4 Å². The van der Waals surface area contributed by atoms with Crippen molar-refractivity contribution in [3.63, 3.8) is 0 Å². The number of ketones is 1. The van der Waals surface area contributed by atoms with E-state index in [1.807, 2.05) is 6.92 Å². The molecular formula is C17H19N3O2S. The minimum absolute atomic E-state index is 0.0400. The Morgan fingerprint density at radius 2 is 2.22 bits per heavy atom. The molecule has 120 valence electrons. The Bertz CT molecular complexity index is 753. The van der Waals surface area contributed by atoms with Crippen LogP contribution in [0.2, 0.25) is 0 Å². The van der Waals surface area contributed by atoms with Gasteiger partial charge < -0.3 is 9.32 Å². The van der Waals surface area contributed by atoms with Crippen LogP contribution in [-0.2, 0) is 0 Å². The van der Waals surface area contributed by atoms with Crippen LogP contribution in [0.5, 0.6) is 0 Å². The number of allylic oxidation sites excluding steroid dienone is 1. The number of benzene rings is 1. The van der Waals surface area contributed by atoms with Crippen LogP contribution < -0.4 is 4.90 Å². The lowest BCUT2D eigenvalue weighted by molar-refractivity contribution is 0.0997. The van der Waals surface area contributed by atoms with Crippen molar-refractivity contribution in [3.8, 4) is 0 Å². The van der Waals surface area contributed by atoms with Gasteiger partial charge in [0.15, 0.2) is 0 Å². The molecule has 0 radical (unpaired) electrons. The van der Waals surface area contributed by atoms with Crippen LogP contribution in [0.1, 0.15) is 42.9 Å². The third kappa shape index (κ3) is 3.03. The maximum Gasteiger partial charge on any atom is 0.288 e. The zero-order valence-electron chi connectivity index (χ0n) is 13.5. The third-order valence-corrected chi connectivity index (χ3v) is 5.09. The smallest absolute Gasteiger partial charge is 0.288 e. The van der Waals surface area contributed by atoms with E-state index in [1.165, 1.54) is 22.5 Å². The molecule has 1 aromatic heterocycles. The topological polar surface area (TPSA) is 59.2 Å². The molecule has 0 unspecified atom stereocenters. The highest BCUT2D eigenvalue weighted by molar-refractivity contribution is 8.03. The molecule has 6 heteroatoms. The molecule has 2 heterocycles. The molecule has 0 amide bonds. The highest BCUT2D eigenvalue weighted by Gasteiger charge is 2.29. The van der Waals surface area contributed by atoms with Gasteiger partial charge in [-0.25, -0.2) is 0 Å². The summed E-state index contributed by atoms with van der Waals surface area (Å²) in [5.41, 5.74) is 3.04. The molecule has 0 bridgehead atoms. The van der Waals surface area contributed by atoms with Gasteiger partial charge in [-0.2, -0.15) is 0 Å². The minimum atomic E-state index is -0.212. The number of rotatable bonds is 5. The lowest BCUT2D eigenvalue weighted by Gasteiger charge is -2.21. The van der Waals surface area contributed by atoms with Crippen LogP contribution in [0.15, 0.2) is 44.5 Å². The number of fused-ring (bicyclic) bond motifs is 1. The van der Waals surface area contributed by atoms with E-state index in [9.17, 15) is 4.79 Å². The van der Waals surface area contributed by atoms with Gasteiger partial charge in [-0.3, -0.25) is 4.79 Å². The van der Waals surface area contributed by atoms with E-state index in [2.05, 4.69) is 47.1 Å². The number of Topliss-reactive ketones (excluding diaryl/α,β-unsaturated/α-hetero) is 1. The fraction of sp³-hybridized carbons (Fsp3) is 0.353. The van der Waals surface area contributed by atoms with Gasteiger partial charge in [-0.15, -0.1) is 10.2 Å². The second-order valence-electron chi connectivity index (χ2n) is 5.58. The van der Waals surface area contributed by atoms with Crippen LogP contribution in [-0.4, -0.2) is 22.5 Å². The first-order valence-corrected chi connectivity index (χ1v) is 8.51. The largest absolute Gasteiger partial charge is 0.421 e. The molecule has 1 aliphatic heterocycles. The number of hydrogen-bond acceptors (Lipinski definition) is 6. The summed E-state index contributed by atoms with van der Waals surface area (Å²) in [6, 6.07) is 6.39. The molecule has 1 aliphatic rings. The normalized spacial score (nSPS) is 15.7. The molecule has 23 heavy (non-hydrogen) atoms. The Kier molecular flexibility index (Phi) is 4.52. The molecule has 0 spiro atoms. The standard InChI is InChI=1S/C17H19N3O2S/c1-4-5-8-20-13-9-11(2)6-7-14(13)23-17(20)12(3)15(21)16-19-18-10-22-16/h6-7,9-10H,4-5,8H2,1-3H3/b17-12-. The molecule has 5 nitrogen and oxygen atoms in total. The number of hydrogen-bond donors (Lipinski definition) is 0. The van der Waals surface area contributed by atoms with E-state index in [0.717, 1.165) is 24.4 Å². The summed E-state index contributed by atoms with van der Waals surface area (Å²) >= 11 is 1.63. The lowest BCUT2D eigenvalue weighted by Crippen LogP contribution is -2.21.